The van der Waals surface area contributed by atoms with Crippen molar-refractivity contribution in [3.8, 4) is 0 Å². The van der Waals surface area contributed by atoms with Gasteiger partial charge in [0.2, 0.25) is 35.6 Å². The molecule has 0 aromatic carbocycles. The summed E-state index contributed by atoms with van der Waals surface area (Å²) in [7, 11) is 0. The Balaban J connectivity index is 1.42. The second kappa shape index (κ2) is 19.9. The molecule has 2 atom stereocenters. The number of nitrogens with zero attached hydrogens (tertiary/aromatic N) is 9. The van der Waals surface area contributed by atoms with Crippen LogP contribution in [0.3, 0.4) is 0 Å². The van der Waals surface area contributed by atoms with Crippen molar-refractivity contribution in [1.29, 1.82) is 0 Å². The zero-order valence-electron chi connectivity index (χ0n) is 31.4. The summed E-state index contributed by atoms with van der Waals surface area (Å²) in [6.45, 7) is 19.0. The first-order valence-electron chi connectivity index (χ1n) is 19.6. The van der Waals surface area contributed by atoms with Crippen molar-refractivity contribution in [1.82, 2.24) is 29.7 Å². The lowest BCUT2D eigenvalue weighted by molar-refractivity contribution is -0.132. The van der Waals surface area contributed by atoms with Crippen LogP contribution >= 0.6 is 0 Å². The van der Waals surface area contributed by atoms with Gasteiger partial charge in [0.15, 0.2) is 0 Å². The van der Waals surface area contributed by atoms with Crippen LogP contribution in [0.15, 0.2) is 0 Å². The van der Waals surface area contributed by atoms with Crippen molar-refractivity contribution in [3.05, 3.63) is 0 Å². The minimum absolute atomic E-state index is 0.213. The average molecular weight is 684 g/mol. The highest BCUT2D eigenvalue weighted by Gasteiger charge is 2.29. The number of anilines is 3. The van der Waals surface area contributed by atoms with E-state index in [0.29, 0.717) is 127 Å². The summed E-state index contributed by atoms with van der Waals surface area (Å²) in [6, 6.07) is 0. The molecule has 3 aliphatic heterocycles. The van der Waals surface area contributed by atoms with E-state index in [2.05, 4.69) is 42.4 Å². The van der Waals surface area contributed by atoms with Crippen LogP contribution in [0.4, 0.5) is 17.8 Å². The lowest BCUT2D eigenvalue weighted by Crippen LogP contribution is -2.51. The van der Waals surface area contributed by atoms with Crippen LogP contribution in [0.1, 0.15) is 112 Å². The number of carbonyl (C=O) groups is 3. The SMILES string of the molecule is CCCC(=O)N1CCN(c2nc(N3CCN(C(=O)CCC(CC)CCC)CC3)nc(N3CCN(C(=O)CCC(CC)CCC)CC3)n2)CC1. The van der Waals surface area contributed by atoms with Crippen LogP contribution in [-0.2, 0) is 14.4 Å². The minimum Gasteiger partial charge on any atom is -0.339 e. The summed E-state index contributed by atoms with van der Waals surface area (Å²) in [6.07, 6.45) is 11.6. The fourth-order valence-electron chi connectivity index (χ4n) is 7.50. The summed E-state index contributed by atoms with van der Waals surface area (Å²) in [5.41, 5.74) is 0. The zero-order chi connectivity index (χ0) is 35.2. The van der Waals surface area contributed by atoms with Crippen molar-refractivity contribution in [2.24, 2.45) is 11.8 Å². The van der Waals surface area contributed by atoms with E-state index >= 15 is 0 Å². The summed E-state index contributed by atoms with van der Waals surface area (Å²) in [5, 5.41) is 0. The van der Waals surface area contributed by atoms with E-state index in [-0.39, 0.29) is 17.7 Å². The van der Waals surface area contributed by atoms with Crippen molar-refractivity contribution < 1.29 is 14.4 Å². The van der Waals surface area contributed by atoms with E-state index < -0.39 is 0 Å². The number of carbonyl (C=O) groups excluding carboxylic acids is 3. The van der Waals surface area contributed by atoms with Gasteiger partial charge in [-0.25, -0.2) is 0 Å². The van der Waals surface area contributed by atoms with Gasteiger partial charge in [-0.3, -0.25) is 14.4 Å². The van der Waals surface area contributed by atoms with Gasteiger partial charge < -0.3 is 29.4 Å². The molecule has 0 radical (unpaired) electrons. The third-order valence-electron chi connectivity index (χ3n) is 10.9. The highest BCUT2D eigenvalue weighted by molar-refractivity contribution is 5.77. The number of hydrogen-bond acceptors (Lipinski definition) is 9. The molecule has 1 aromatic rings. The van der Waals surface area contributed by atoms with E-state index in [1.165, 1.54) is 25.7 Å². The normalized spacial score (nSPS) is 18.6. The summed E-state index contributed by atoms with van der Waals surface area (Å²) >= 11 is 0. The molecule has 12 heteroatoms. The third kappa shape index (κ3) is 11.2. The molecule has 276 valence electrons. The third-order valence-corrected chi connectivity index (χ3v) is 10.9. The molecule has 3 saturated heterocycles. The fourth-order valence-corrected chi connectivity index (χ4v) is 7.50. The van der Waals surface area contributed by atoms with Crippen molar-refractivity contribution in [2.45, 2.75) is 112 Å². The zero-order valence-corrected chi connectivity index (χ0v) is 31.4. The Bertz CT molecular complexity index is 1110. The monoisotopic (exact) mass is 684 g/mol. The predicted octanol–water partition coefficient (Wildman–Crippen LogP) is 4.83. The maximum Gasteiger partial charge on any atom is 0.232 e. The molecule has 0 saturated carbocycles. The number of aromatic nitrogens is 3. The smallest absolute Gasteiger partial charge is 0.232 e. The Kier molecular flexibility index (Phi) is 15.7. The van der Waals surface area contributed by atoms with Gasteiger partial charge in [0.05, 0.1) is 0 Å². The van der Waals surface area contributed by atoms with Crippen LogP contribution in [0.2, 0.25) is 0 Å². The average Bonchev–Trinajstić information content (AvgIpc) is 3.14. The molecule has 3 fully saturated rings. The molecule has 49 heavy (non-hydrogen) atoms. The summed E-state index contributed by atoms with van der Waals surface area (Å²) in [5.74, 6) is 3.91. The summed E-state index contributed by atoms with van der Waals surface area (Å²) in [4.78, 5) is 66.2. The van der Waals surface area contributed by atoms with Gasteiger partial charge in [-0.1, -0.05) is 73.1 Å². The molecule has 3 aliphatic rings. The van der Waals surface area contributed by atoms with E-state index in [1.54, 1.807) is 0 Å². The molecule has 1 aromatic heterocycles. The van der Waals surface area contributed by atoms with E-state index in [0.717, 1.165) is 32.1 Å². The summed E-state index contributed by atoms with van der Waals surface area (Å²) < 4.78 is 0. The molecule has 0 spiro atoms. The molecule has 0 aliphatic carbocycles. The van der Waals surface area contributed by atoms with Crippen LogP contribution in [0.5, 0.6) is 0 Å². The maximum atomic E-state index is 13.1. The van der Waals surface area contributed by atoms with Crippen LogP contribution in [0, 0.1) is 11.8 Å². The Morgan fingerprint density at radius 3 is 1.02 bits per heavy atom. The first kappa shape index (κ1) is 38.6. The van der Waals surface area contributed by atoms with E-state index in [1.807, 2.05) is 21.6 Å². The molecule has 3 amide bonds. The van der Waals surface area contributed by atoms with Gasteiger partial charge in [0.25, 0.3) is 0 Å². The Morgan fingerprint density at radius 2 is 0.755 bits per heavy atom. The minimum atomic E-state index is 0.213. The quantitative estimate of drug-likeness (QED) is 0.228. The highest BCUT2D eigenvalue weighted by Crippen LogP contribution is 2.24. The molecule has 12 nitrogen and oxygen atoms in total. The second-order valence-corrected chi connectivity index (χ2v) is 14.3. The predicted molar refractivity (Wildman–Crippen MR) is 197 cm³/mol. The van der Waals surface area contributed by atoms with Gasteiger partial charge >= 0.3 is 0 Å². The Morgan fingerprint density at radius 1 is 0.449 bits per heavy atom. The molecule has 0 bridgehead atoms. The molecular formula is C37H65N9O3. The van der Waals surface area contributed by atoms with Gasteiger partial charge in [-0.2, -0.15) is 15.0 Å². The number of amides is 3. The number of rotatable bonds is 17. The Hall–Kier alpha value is -3.18. The van der Waals surface area contributed by atoms with Gasteiger partial charge in [-0.15, -0.1) is 0 Å². The lowest BCUT2D eigenvalue weighted by atomic mass is 9.95. The van der Waals surface area contributed by atoms with Gasteiger partial charge in [0.1, 0.15) is 0 Å². The standard InChI is InChI=1S/C37H65N9O3/c1-6-11-30(9-4)14-16-33(48)42-20-26-45(27-21-42)36-38-35(44-24-18-41(19-25-44)32(47)13-8-3)39-37(40-36)46-28-22-43(23-29-46)34(49)17-15-31(10-5)12-7-2/h30-31H,6-29H2,1-5H3. The molecule has 4 heterocycles. The Labute approximate surface area is 296 Å². The molecular weight excluding hydrogens is 618 g/mol. The van der Waals surface area contributed by atoms with E-state index in [4.69, 9.17) is 15.0 Å². The molecule has 4 rings (SSSR count). The lowest BCUT2D eigenvalue weighted by Gasteiger charge is -2.38. The van der Waals surface area contributed by atoms with Gasteiger partial charge in [0, 0.05) is 97.8 Å². The van der Waals surface area contributed by atoms with Crippen LogP contribution in [0.25, 0.3) is 0 Å². The highest BCUT2D eigenvalue weighted by atomic mass is 16.2. The molecule has 0 N–H and O–H groups in total. The van der Waals surface area contributed by atoms with Gasteiger partial charge in [-0.05, 0) is 31.1 Å². The number of hydrogen-bond donors (Lipinski definition) is 0. The topological polar surface area (TPSA) is 109 Å². The van der Waals surface area contributed by atoms with Crippen LogP contribution < -0.4 is 14.7 Å². The van der Waals surface area contributed by atoms with Crippen molar-refractivity contribution in [2.75, 3.05) is 93.2 Å². The van der Waals surface area contributed by atoms with Crippen molar-refractivity contribution >= 4 is 35.6 Å². The maximum absolute atomic E-state index is 13.1. The van der Waals surface area contributed by atoms with Crippen molar-refractivity contribution in [3.63, 3.8) is 0 Å². The first-order valence-corrected chi connectivity index (χ1v) is 19.6. The first-order chi connectivity index (χ1) is 23.8. The molecule has 2 unspecified atom stereocenters. The fraction of sp³-hybridized carbons (Fsp3) is 0.838. The van der Waals surface area contributed by atoms with Crippen LogP contribution in [-0.4, -0.2) is 126 Å². The largest absolute Gasteiger partial charge is 0.339 e. The second-order valence-electron chi connectivity index (χ2n) is 14.3. The number of piperazine rings is 3. The van der Waals surface area contributed by atoms with E-state index in [9.17, 15) is 14.4 Å².